The van der Waals surface area contributed by atoms with E-state index in [1.165, 1.54) is 6.92 Å². The smallest absolute Gasteiger partial charge is 0.303 e. The van der Waals surface area contributed by atoms with Crippen LogP contribution >= 0.6 is 0 Å². The average molecular weight is 200 g/mol. The third-order valence-electron chi connectivity index (χ3n) is 2.17. The minimum atomic E-state index is -0.414. The zero-order valence-corrected chi connectivity index (χ0v) is 8.45. The lowest BCUT2D eigenvalue weighted by Gasteiger charge is -2.21. The van der Waals surface area contributed by atoms with E-state index < -0.39 is 5.97 Å². The predicted octanol–water partition coefficient (Wildman–Crippen LogP) is 1.08. The van der Waals surface area contributed by atoms with Crippen molar-refractivity contribution in [3.8, 4) is 0 Å². The second-order valence-electron chi connectivity index (χ2n) is 3.51. The quantitative estimate of drug-likeness (QED) is 0.637. The molecule has 1 aliphatic heterocycles. The number of hydrogen-bond donors (Lipinski definition) is 0. The summed E-state index contributed by atoms with van der Waals surface area (Å²) in [5, 5.41) is 0. The number of ketones is 1. The minimum absolute atomic E-state index is 0.0341. The lowest BCUT2D eigenvalue weighted by Crippen LogP contribution is -2.24. The summed E-state index contributed by atoms with van der Waals surface area (Å²) in [6, 6.07) is 0. The molecule has 14 heavy (non-hydrogen) atoms. The molecule has 0 saturated carbocycles. The van der Waals surface area contributed by atoms with Gasteiger partial charge in [0.2, 0.25) is 0 Å². The Balaban J connectivity index is 2.15. The standard InChI is InChI=1S/C10H16O4/c1-8(11)14-7-9(12)6-10-4-2-3-5-13-10/h10H,2-7H2,1H3/t10-/m1/s1. The molecule has 1 saturated heterocycles. The maximum absolute atomic E-state index is 11.3. The fourth-order valence-corrected chi connectivity index (χ4v) is 1.46. The van der Waals surface area contributed by atoms with E-state index in [1.807, 2.05) is 0 Å². The highest BCUT2D eigenvalue weighted by Gasteiger charge is 2.17. The largest absolute Gasteiger partial charge is 0.458 e. The number of carbonyl (C=O) groups excluding carboxylic acids is 2. The third-order valence-corrected chi connectivity index (χ3v) is 2.17. The van der Waals surface area contributed by atoms with Gasteiger partial charge < -0.3 is 9.47 Å². The number of ether oxygens (including phenoxy) is 2. The van der Waals surface area contributed by atoms with Crippen molar-refractivity contribution in [3.05, 3.63) is 0 Å². The summed E-state index contributed by atoms with van der Waals surface area (Å²) in [5.41, 5.74) is 0. The average Bonchev–Trinajstić information content (AvgIpc) is 2.16. The molecule has 4 nitrogen and oxygen atoms in total. The van der Waals surface area contributed by atoms with Crippen molar-refractivity contribution >= 4 is 11.8 Å². The van der Waals surface area contributed by atoms with Gasteiger partial charge in [0.15, 0.2) is 5.78 Å². The van der Waals surface area contributed by atoms with E-state index in [2.05, 4.69) is 4.74 Å². The second kappa shape index (κ2) is 5.75. The van der Waals surface area contributed by atoms with Gasteiger partial charge in [-0.15, -0.1) is 0 Å². The fraction of sp³-hybridized carbons (Fsp3) is 0.800. The zero-order valence-electron chi connectivity index (χ0n) is 8.45. The van der Waals surface area contributed by atoms with E-state index in [9.17, 15) is 9.59 Å². The second-order valence-corrected chi connectivity index (χ2v) is 3.51. The molecule has 0 N–H and O–H groups in total. The number of hydrogen-bond acceptors (Lipinski definition) is 4. The molecule has 80 valence electrons. The molecule has 0 aliphatic carbocycles. The van der Waals surface area contributed by atoms with Crippen LogP contribution in [-0.2, 0) is 19.1 Å². The van der Waals surface area contributed by atoms with Gasteiger partial charge in [-0.1, -0.05) is 0 Å². The van der Waals surface area contributed by atoms with E-state index in [-0.39, 0.29) is 18.5 Å². The van der Waals surface area contributed by atoms with Crippen LogP contribution in [0.15, 0.2) is 0 Å². The molecular weight excluding hydrogens is 184 g/mol. The summed E-state index contributed by atoms with van der Waals surface area (Å²) in [6.07, 6.45) is 3.53. The Hall–Kier alpha value is -0.900. The van der Waals surface area contributed by atoms with Crippen LogP contribution in [0.3, 0.4) is 0 Å². The molecule has 1 atom stereocenters. The van der Waals surface area contributed by atoms with Crippen molar-refractivity contribution in [2.24, 2.45) is 0 Å². The van der Waals surface area contributed by atoms with Crippen LogP contribution in [0.2, 0.25) is 0 Å². The first-order valence-corrected chi connectivity index (χ1v) is 4.95. The van der Waals surface area contributed by atoms with E-state index in [0.717, 1.165) is 25.9 Å². The maximum Gasteiger partial charge on any atom is 0.303 e. The highest BCUT2D eigenvalue weighted by atomic mass is 16.5. The Labute approximate surface area is 83.6 Å². The van der Waals surface area contributed by atoms with Crippen LogP contribution in [0, 0.1) is 0 Å². The minimum Gasteiger partial charge on any atom is -0.458 e. The number of esters is 1. The molecule has 0 aromatic carbocycles. The molecule has 0 aromatic rings. The van der Waals surface area contributed by atoms with Gasteiger partial charge in [-0.05, 0) is 19.3 Å². The molecule has 0 amide bonds. The first-order chi connectivity index (χ1) is 6.68. The summed E-state index contributed by atoms with van der Waals surface area (Å²) < 4.78 is 10.00. The van der Waals surface area contributed by atoms with Gasteiger partial charge in [0.05, 0.1) is 6.10 Å². The molecule has 1 fully saturated rings. The normalized spacial score (nSPS) is 21.6. The molecule has 4 heteroatoms. The van der Waals surface area contributed by atoms with Crippen LogP contribution < -0.4 is 0 Å². The number of carbonyl (C=O) groups is 2. The Morgan fingerprint density at radius 3 is 2.79 bits per heavy atom. The van der Waals surface area contributed by atoms with Crippen molar-refractivity contribution in [2.75, 3.05) is 13.2 Å². The summed E-state index contributed by atoms with van der Waals surface area (Å²) in [6.45, 7) is 1.92. The Morgan fingerprint density at radius 2 is 2.21 bits per heavy atom. The predicted molar refractivity (Wildman–Crippen MR) is 49.8 cm³/mol. The topological polar surface area (TPSA) is 52.6 Å². The van der Waals surface area contributed by atoms with E-state index in [0.29, 0.717) is 6.42 Å². The lowest BCUT2D eigenvalue weighted by molar-refractivity contribution is -0.146. The van der Waals surface area contributed by atoms with E-state index >= 15 is 0 Å². The summed E-state index contributed by atoms with van der Waals surface area (Å²) in [4.78, 5) is 21.7. The molecule has 0 bridgehead atoms. The van der Waals surface area contributed by atoms with Crippen LogP contribution in [0.25, 0.3) is 0 Å². The van der Waals surface area contributed by atoms with Crippen LogP contribution in [-0.4, -0.2) is 31.1 Å². The highest BCUT2D eigenvalue weighted by Crippen LogP contribution is 2.15. The summed E-state index contributed by atoms with van der Waals surface area (Å²) >= 11 is 0. The Kier molecular flexibility index (Phi) is 4.59. The molecule has 1 aliphatic rings. The van der Waals surface area contributed by atoms with Crippen molar-refractivity contribution in [1.82, 2.24) is 0 Å². The van der Waals surface area contributed by atoms with Gasteiger partial charge >= 0.3 is 5.97 Å². The first kappa shape index (κ1) is 11.2. The van der Waals surface area contributed by atoms with Gasteiger partial charge in [-0.25, -0.2) is 0 Å². The monoisotopic (exact) mass is 200 g/mol. The van der Waals surface area contributed by atoms with E-state index in [1.54, 1.807) is 0 Å². The summed E-state index contributed by atoms with van der Waals surface area (Å²) in [7, 11) is 0. The molecule has 0 radical (unpaired) electrons. The van der Waals surface area contributed by atoms with E-state index in [4.69, 9.17) is 4.74 Å². The van der Waals surface area contributed by atoms with Gasteiger partial charge in [-0.3, -0.25) is 9.59 Å². The first-order valence-electron chi connectivity index (χ1n) is 4.95. The molecule has 1 heterocycles. The van der Waals surface area contributed by atoms with Gasteiger partial charge in [0, 0.05) is 20.0 Å². The fourth-order valence-electron chi connectivity index (χ4n) is 1.46. The SMILES string of the molecule is CC(=O)OCC(=O)C[C@H]1CCCCO1. The van der Waals surface area contributed by atoms with Crippen molar-refractivity contribution < 1.29 is 19.1 Å². The third kappa shape index (κ3) is 4.37. The zero-order chi connectivity index (χ0) is 10.4. The highest BCUT2D eigenvalue weighted by molar-refractivity contribution is 5.82. The maximum atomic E-state index is 11.3. The Bertz CT molecular complexity index is 206. The van der Waals surface area contributed by atoms with Gasteiger partial charge in [-0.2, -0.15) is 0 Å². The van der Waals surface area contributed by atoms with Crippen molar-refractivity contribution in [1.29, 1.82) is 0 Å². The van der Waals surface area contributed by atoms with Crippen LogP contribution in [0.1, 0.15) is 32.6 Å². The molecule has 0 spiro atoms. The summed E-state index contributed by atoms with van der Waals surface area (Å²) in [5.74, 6) is -0.477. The number of rotatable bonds is 4. The number of Topliss-reactive ketones (excluding diaryl/α,β-unsaturated/α-hetero) is 1. The molecule has 0 aromatic heterocycles. The lowest BCUT2D eigenvalue weighted by atomic mass is 10.0. The van der Waals surface area contributed by atoms with Crippen molar-refractivity contribution in [3.63, 3.8) is 0 Å². The van der Waals surface area contributed by atoms with Crippen LogP contribution in [0.5, 0.6) is 0 Å². The molecule has 0 unspecified atom stereocenters. The molecular formula is C10H16O4. The molecule has 1 rings (SSSR count). The van der Waals surface area contributed by atoms with Gasteiger partial charge in [0.1, 0.15) is 6.61 Å². The van der Waals surface area contributed by atoms with Gasteiger partial charge in [0.25, 0.3) is 0 Å². The Morgan fingerprint density at radius 1 is 1.43 bits per heavy atom. The van der Waals surface area contributed by atoms with Crippen LogP contribution in [0.4, 0.5) is 0 Å². The van der Waals surface area contributed by atoms with Crippen molar-refractivity contribution in [2.45, 2.75) is 38.7 Å².